The number of carboxylic acids is 1. The Kier molecular flexibility index (Phi) is 3.23. The van der Waals surface area contributed by atoms with Gasteiger partial charge in [0.25, 0.3) is 0 Å². The van der Waals surface area contributed by atoms with Crippen LogP contribution in [0.15, 0.2) is 36.4 Å². The summed E-state index contributed by atoms with van der Waals surface area (Å²) in [6, 6.07) is 5.52. The molecule has 0 saturated carbocycles. The van der Waals surface area contributed by atoms with Gasteiger partial charge in [-0.15, -0.1) is 0 Å². The first-order valence-corrected chi connectivity index (χ1v) is 4.20. The molecule has 0 aliphatic carbocycles. The molecule has 0 aromatic heterocycles. The summed E-state index contributed by atoms with van der Waals surface area (Å²) in [6.07, 6.45) is 0. The smallest absolute Gasteiger partial charge is 0.338 e. The molecule has 1 aromatic carbocycles. The maximum atomic E-state index is 11.1. The van der Waals surface area contributed by atoms with E-state index in [4.69, 9.17) is 4.74 Å². The molecule has 78 valence electrons. The van der Waals surface area contributed by atoms with Gasteiger partial charge in [-0.3, -0.25) is 0 Å². The van der Waals surface area contributed by atoms with Gasteiger partial charge >= 0.3 is 5.97 Å². The van der Waals surface area contributed by atoms with Crippen molar-refractivity contribution in [2.24, 2.45) is 0 Å². The number of hydrogen-bond acceptors (Lipinski definition) is 4. The summed E-state index contributed by atoms with van der Waals surface area (Å²) >= 11 is 0. The number of carbonyl (C=O) groups excluding carboxylic acids is 2. The summed E-state index contributed by atoms with van der Waals surface area (Å²) in [5.74, 6) is -1.75. The number of benzene rings is 1. The predicted molar refractivity (Wildman–Crippen MR) is 51.2 cm³/mol. The van der Waals surface area contributed by atoms with Crippen LogP contribution in [0.25, 0.3) is 0 Å². The van der Waals surface area contributed by atoms with Crippen LogP contribution in [0.1, 0.15) is 17.3 Å². The number of ether oxygens (including phenoxy) is 1. The molecule has 0 N–H and O–H groups in total. The molecule has 0 spiro atoms. The summed E-state index contributed by atoms with van der Waals surface area (Å²) in [6.45, 7) is 4.91. The van der Waals surface area contributed by atoms with Gasteiger partial charge in [0.1, 0.15) is 5.75 Å². The zero-order chi connectivity index (χ0) is 11.4. The molecule has 0 unspecified atom stereocenters. The molecule has 0 fully saturated rings. The van der Waals surface area contributed by atoms with Crippen molar-refractivity contribution in [2.45, 2.75) is 6.92 Å². The predicted octanol–water partition coefficient (Wildman–Crippen LogP) is 0.532. The number of hydrogen-bond donors (Lipinski definition) is 0. The van der Waals surface area contributed by atoms with Crippen molar-refractivity contribution < 1.29 is 19.4 Å². The zero-order valence-corrected chi connectivity index (χ0v) is 8.15. The van der Waals surface area contributed by atoms with Crippen molar-refractivity contribution in [3.8, 4) is 5.75 Å². The molecule has 0 bridgehead atoms. The quantitative estimate of drug-likeness (QED) is 0.410. The highest BCUT2D eigenvalue weighted by Crippen LogP contribution is 2.13. The number of rotatable bonds is 3. The molecule has 4 heteroatoms. The third kappa shape index (κ3) is 2.95. The standard InChI is InChI=1S/C11H10O4/c1-7(2)11(14)15-9-5-3-4-8(6-9)10(12)13/h3-6H,1H2,2H3,(H,12,13)/p-1. The second-order valence-corrected chi connectivity index (χ2v) is 2.99. The first kappa shape index (κ1) is 11.0. The lowest BCUT2D eigenvalue weighted by molar-refractivity contribution is -0.255. The average Bonchev–Trinajstić information content (AvgIpc) is 2.18. The lowest BCUT2D eigenvalue weighted by Crippen LogP contribution is -2.22. The van der Waals surface area contributed by atoms with Crippen molar-refractivity contribution in [3.05, 3.63) is 42.0 Å². The van der Waals surface area contributed by atoms with E-state index in [0.29, 0.717) is 0 Å². The van der Waals surface area contributed by atoms with E-state index in [1.807, 2.05) is 0 Å². The lowest BCUT2D eigenvalue weighted by atomic mass is 10.2. The van der Waals surface area contributed by atoms with Gasteiger partial charge in [-0.2, -0.15) is 0 Å². The van der Waals surface area contributed by atoms with E-state index in [2.05, 4.69) is 6.58 Å². The molecule has 0 aliphatic rings. The Morgan fingerprint density at radius 1 is 1.40 bits per heavy atom. The van der Waals surface area contributed by atoms with Crippen molar-refractivity contribution in [2.75, 3.05) is 0 Å². The van der Waals surface area contributed by atoms with Gasteiger partial charge in [-0.25, -0.2) is 4.79 Å². The summed E-state index contributed by atoms with van der Waals surface area (Å²) < 4.78 is 4.84. The highest BCUT2D eigenvalue weighted by Gasteiger charge is 2.05. The Hall–Kier alpha value is -2.10. The molecular formula is C11H9O4-. The van der Waals surface area contributed by atoms with Gasteiger partial charge in [0.2, 0.25) is 0 Å². The Morgan fingerprint density at radius 3 is 2.60 bits per heavy atom. The van der Waals surface area contributed by atoms with Crippen LogP contribution in [0.3, 0.4) is 0 Å². The summed E-state index contributed by atoms with van der Waals surface area (Å²) in [7, 11) is 0. The first-order chi connectivity index (χ1) is 7.00. The maximum Gasteiger partial charge on any atom is 0.338 e. The first-order valence-electron chi connectivity index (χ1n) is 4.20. The molecule has 0 atom stereocenters. The molecule has 0 radical (unpaired) electrons. The second-order valence-electron chi connectivity index (χ2n) is 2.99. The Labute approximate surface area is 86.8 Å². The maximum absolute atomic E-state index is 11.1. The van der Waals surface area contributed by atoms with Gasteiger partial charge in [0.05, 0.1) is 5.97 Å². The number of carbonyl (C=O) groups is 2. The lowest BCUT2D eigenvalue weighted by Gasteiger charge is -2.06. The van der Waals surface area contributed by atoms with Gasteiger partial charge in [-0.1, -0.05) is 18.7 Å². The third-order valence-electron chi connectivity index (χ3n) is 1.63. The van der Waals surface area contributed by atoms with Gasteiger partial charge < -0.3 is 14.6 Å². The van der Waals surface area contributed by atoms with Crippen molar-refractivity contribution >= 4 is 11.9 Å². The van der Waals surface area contributed by atoms with Crippen LogP contribution in [-0.2, 0) is 4.79 Å². The fourth-order valence-electron chi connectivity index (χ4n) is 0.881. The topological polar surface area (TPSA) is 66.4 Å². The Bertz CT molecular complexity index is 420. The normalized spacial score (nSPS) is 9.40. The Morgan fingerprint density at radius 2 is 2.07 bits per heavy atom. The van der Waals surface area contributed by atoms with E-state index in [1.54, 1.807) is 0 Å². The molecule has 1 rings (SSSR count). The van der Waals surface area contributed by atoms with Crippen LogP contribution in [0.2, 0.25) is 0 Å². The molecular weight excluding hydrogens is 196 g/mol. The van der Waals surface area contributed by atoms with Gasteiger partial charge in [0, 0.05) is 11.1 Å². The van der Waals surface area contributed by atoms with Gasteiger partial charge in [-0.05, 0) is 19.1 Å². The summed E-state index contributed by atoms with van der Waals surface area (Å²) in [5.41, 5.74) is 0.205. The minimum absolute atomic E-state index is 0.0398. The van der Waals surface area contributed by atoms with E-state index in [-0.39, 0.29) is 16.9 Å². The monoisotopic (exact) mass is 205 g/mol. The zero-order valence-electron chi connectivity index (χ0n) is 8.15. The minimum atomic E-state index is -1.32. The molecule has 4 nitrogen and oxygen atoms in total. The molecule has 15 heavy (non-hydrogen) atoms. The number of aromatic carboxylic acids is 1. The fraction of sp³-hybridized carbons (Fsp3) is 0.0909. The van der Waals surface area contributed by atoms with Crippen molar-refractivity contribution in [1.82, 2.24) is 0 Å². The molecule has 0 amide bonds. The highest BCUT2D eigenvalue weighted by molar-refractivity contribution is 5.90. The van der Waals surface area contributed by atoms with Gasteiger partial charge in [0.15, 0.2) is 0 Å². The summed E-state index contributed by atoms with van der Waals surface area (Å²) in [5, 5.41) is 10.5. The second kappa shape index (κ2) is 4.41. The SMILES string of the molecule is C=C(C)C(=O)Oc1cccc(C(=O)[O-])c1. The van der Waals surface area contributed by atoms with Crippen molar-refractivity contribution in [1.29, 1.82) is 0 Å². The van der Waals surface area contributed by atoms with Crippen LogP contribution >= 0.6 is 0 Å². The van der Waals surface area contributed by atoms with Crippen LogP contribution in [0, 0.1) is 0 Å². The summed E-state index contributed by atoms with van der Waals surface area (Å²) in [4.78, 5) is 21.6. The fourth-order valence-corrected chi connectivity index (χ4v) is 0.881. The average molecular weight is 205 g/mol. The molecule has 0 aliphatic heterocycles. The molecule has 0 saturated heterocycles. The van der Waals surface area contributed by atoms with Crippen LogP contribution in [0.5, 0.6) is 5.75 Å². The van der Waals surface area contributed by atoms with Crippen LogP contribution < -0.4 is 9.84 Å². The minimum Gasteiger partial charge on any atom is -0.545 e. The molecule has 1 aromatic rings. The van der Waals surface area contributed by atoms with E-state index < -0.39 is 11.9 Å². The number of carboxylic acid groups (broad SMARTS) is 1. The van der Waals surface area contributed by atoms with E-state index in [9.17, 15) is 14.7 Å². The third-order valence-corrected chi connectivity index (χ3v) is 1.63. The van der Waals surface area contributed by atoms with Crippen LogP contribution in [0.4, 0.5) is 0 Å². The van der Waals surface area contributed by atoms with E-state index in [0.717, 1.165) is 0 Å². The van der Waals surface area contributed by atoms with E-state index in [1.165, 1.54) is 31.2 Å². The highest BCUT2D eigenvalue weighted by atomic mass is 16.5. The van der Waals surface area contributed by atoms with Crippen LogP contribution in [-0.4, -0.2) is 11.9 Å². The van der Waals surface area contributed by atoms with E-state index >= 15 is 0 Å². The Balaban J connectivity index is 2.87. The van der Waals surface area contributed by atoms with Crippen molar-refractivity contribution in [3.63, 3.8) is 0 Å². The largest absolute Gasteiger partial charge is 0.545 e. The number of esters is 1. The molecule has 0 heterocycles.